The molecule has 7 heteroatoms. The highest BCUT2D eigenvalue weighted by Gasteiger charge is 2.17. The minimum Gasteiger partial charge on any atom is -0.507 e. The number of phenols is 1. The van der Waals surface area contributed by atoms with Crippen molar-refractivity contribution >= 4 is 41.7 Å². The molecule has 0 spiro atoms. The first kappa shape index (κ1) is 22.6. The molecule has 1 N–H and O–H groups in total. The molecule has 0 heterocycles. The number of phenolic OH excluding ortho intramolecular Hbond substituents is 1. The van der Waals surface area contributed by atoms with E-state index in [9.17, 15) is 13.5 Å². The zero-order valence-corrected chi connectivity index (χ0v) is 20.9. The average Bonchev–Trinajstić information content (AvgIpc) is 2.78. The Hall–Kier alpha value is -2.61. The van der Waals surface area contributed by atoms with Gasteiger partial charge in [0.25, 0.3) is 0 Å². The van der Waals surface area contributed by atoms with Gasteiger partial charge in [-0.05, 0) is 111 Å². The zero-order valence-electron chi connectivity index (χ0n) is 16.9. The van der Waals surface area contributed by atoms with Gasteiger partial charge in [-0.2, -0.15) is 0 Å². The summed E-state index contributed by atoms with van der Waals surface area (Å²) >= 11 is 6.86. The third-order valence-electron chi connectivity index (χ3n) is 4.91. The highest BCUT2D eigenvalue weighted by Crippen LogP contribution is 2.36. The molecule has 0 aliphatic carbocycles. The van der Waals surface area contributed by atoms with Crippen molar-refractivity contribution in [1.29, 1.82) is 0 Å². The van der Waals surface area contributed by atoms with Crippen LogP contribution in [0.25, 0.3) is 11.1 Å². The topological polar surface area (TPSA) is 63.6 Å². The normalized spacial score (nSPS) is 11.3. The number of rotatable bonds is 5. The van der Waals surface area contributed by atoms with Crippen molar-refractivity contribution < 1.29 is 18.3 Å². The van der Waals surface area contributed by atoms with E-state index in [2.05, 4.69) is 31.9 Å². The van der Waals surface area contributed by atoms with E-state index in [1.165, 1.54) is 0 Å². The number of ether oxygens (including phenoxy) is 1. The second-order valence-corrected chi connectivity index (χ2v) is 10.9. The first-order valence-electron chi connectivity index (χ1n) is 9.62. The molecule has 0 amide bonds. The Labute approximate surface area is 203 Å². The van der Waals surface area contributed by atoms with Crippen LogP contribution in [-0.2, 0) is 9.84 Å². The molecule has 162 valence electrons. The van der Waals surface area contributed by atoms with Gasteiger partial charge < -0.3 is 9.84 Å². The molecule has 0 fully saturated rings. The third kappa shape index (κ3) is 4.75. The molecular weight excluding hydrogens is 556 g/mol. The smallest absolute Gasteiger partial charge is 0.206 e. The second kappa shape index (κ2) is 9.10. The number of aryl methyl sites for hydroxylation is 1. The van der Waals surface area contributed by atoms with Crippen LogP contribution in [0.5, 0.6) is 17.2 Å². The van der Waals surface area contributed by atoms with E-state index in [4.69, 9.17) is 4.74 Å². The fraction of sp³-hybridized carbons (Fsp3) is 0.0400. The number of hydrogen-bond acceptors (Lipinski definition) is 4. The van der Waals surface area contributed by atoms with Crippen LogP contribution < -0.4 is 4.74 Å². The lowest BCUT2D eigenvalue weighted by molar-refractivity contribution is 0.472. The van der Waals surface area contributed by atoms with E-state index in [1.807, 2.05) is 37.3 Å². The van der Waals surface area contributed by atoms with Crippen LogP contribution in [0.15, 0.2) is 104 Å². The summed E-state index contributed by atoms with van der Waals surface area (Å²) in [4.78, 5) is 0.469. The molecule has 0 aliphatic heterocycles. The first-order valence-corrected chi connectivity index (χ1v) is 12.7. The Morgan fingerprint density at radius 3 is 1.81 bits per heavy atom. The molecule has 0 radical (unpaired) electrons. The lowest BCUT2D eigenvalue weighted by atomic mass is 10.1. The minimum atomic E-state index is -3.58. The first-order chi connectivity index (χ1) is 15.2. The summed E-state index contributed by atoms with van der Waals surface area (Å²) in [6, 6.07) is 24.1. The van der Waals surface area contributed by atoms with Crippen molar-refractivity contribution in [2.24, 2.45) is 0 Å². The molecule has 4 aromatic rings. The van der Waals surface area contributed by atoms with Crippen molar-refractivity contribution in [3.05, 3.63) is 99.4 Å². The maximum Gasteiger partial charge on any atom is 0.206 e. The number of halogens is 2. The number of sulfone groups is 1. The maximum absolute atomic E-state index is 12.8. The molecule has 0 saturated heterocycles. The van der Waals surface area contributed by atoms with Crippen LogP contribution >= 0.6 is 31.9 Å². The number of benzene rings is 4. The Morgan fingerprint density at radius 1 is 0.719 bits per heavy atom. The molecule has 4 rings (SSSR count). The van der Waals surface area contributed by atoms with Gasteiger partial charge in [-0.3, -0.25) is 0 Å². The molecule has 4 aromatic carbocycles. The van der Waals surface area contributed by atoms with Gasteiger partial charge >= 0.3 is 0 Å². The van der Waals surface area contributed by atoms with Crippen LogP contribution in [0.1, 0.15) is 5.56 Å². The fourth-order valence-corrected chi connectivity index (χ4v) is 5.22. The summed E-state index contributed by atoms with van der Waals surface area (Å²) in [6.45, 7) is 1.91. The van der Waals surface area contributed by atoms with Crippen LogP contribution in [0.4, 0.5) is 0 Å². The van der Waals surface area contributed by atoms with Gasteiger partial charge in [0.1, 0.15) is 17.2 Å². The predicted molar refractivity (Wildman–Crippen MR) is 132 cm³/mol. The second-order valence-electron chi connectivity index (χ2n) is 7.20. The average molecular weight is 574 g/mol. The molecular formula is C25H18Br2O4S. The highest BCUT2D eigenvalue weighted by molar-refractivity contribution is 9.11. The van der Waals surface area contributed by atoms with Crippen LogP contribution in [0.2, 0.25) is 0 Å². The molecule has 4 nitrogen and oxygen atoms in total. The molecule has 32 heavy (non-hydrogen) atoms. The van der Waals surface area contributed by atoms with E-state index in [0.717, 1.165) is 21.2 Å². The minimum absolute atomic E-state index is 0.181. The standard InChI is InChI=1S/C25H18Br2O4S/c1-16-2-8-20(9-3-16)32(29,30)21-10-6-19(7-11-21)31-25-13-5-18(15-23(25)27)17-4-12-24(28)22(26)14-17/h2-15,28H,1H3. The van der Waals surface area contributed by atoms with Crippen molar-refractivity contribution in [3.63, 3.8) is 0 Å². The molecule has 0 bridgehead atoms. The van der Waals surface area contributed by atoms with Gasteiger partial charge in [-0.25, -0.2) is 8.42 Å². The van der Waals surface area contributed by atoms with Gasteiger partial charge in [0.2, 0.25) is 9.84 Å². The van der Waals surface area contributed by atoms with Gasteiger partial charge in [-0.15, -0.1) is 0 Å². The van der Waals surface area contributed by atoms with Crippen molar-refractivity contribution in [2.75, 3.05) is 0 Å². The maximum atomic E-state index is 12.8. The van der Waals surface area contributed by atoms with E-state index in [1.54, 1.807) is 54.6 Å². The number of hydrogen-bond donors (Lipinski definition) is 1. The Bertz CT molecular complexity index is 1380. The van der Waals surface area contributed by atoms with E-state index in [0.29, 0.717) is 16.0 Å². The Kier molecular flexibility index (Phi) is 6.42. The van der Waals surface area contributed by atoms with Crippen LogP contribution in [0.3, 0.4) is 0 Å². The Balaban J connectivity index is 1.54. The lowest BCUT2D eigenvalue weighted by Gasteiger charge is -2.11. The Morgan fingerprint density at radius 2 is 1.25 bits per heavy atom. The van der Waals surface area contributed by atoms with Gasteiger partial charge in [0.05, 0.1) is 18.7 Å². The van der Waals surface area contributed by atoms with Gasteiger partial charge in [0, 0.05) is 0 Å². The van der Waals surface area contributed by atoms with Crippen LogP contribution in [0, 0.1) is 6.92 Å². The SMILES string of the molecule is Cc1ccc(S(=O)(=O)c2ccc(Oc3ccc(-c4ccc(O)c(Br)c4)cc3Br)cc2)cc1. The molecule has 0 saturated carbocycles. The summed E-state index contributed by atoms with van der Waals surface area (Å²) in [5.74, 6) is 1.30. The van der Waals surface area contributed by atoms with E-state index in [-0.39, 0.29) is 15.5 Å². The molecule has 0 atom stereocenters. The van der Waals surface area contributed by atoms with E-state index >= 15 is 0 Å². The summed E-state index contributed by atoms with van der Waals surface area (Å²) in [6.07, 6.45) is 0. The fourth-order valence-electron chi connectivity index (χ4n) is 3.12. The molecule has 0 unspecified atom stereocenters. The molecule has 0 aromatic heterocycles. The highest BCUT2D eigenvalue weighted by atomic mass is 79.9. The van der Waals surface area contributed by atoms with Crippen molar-refractivity contribution in [1.82, 2.24) is 0 Å². The summed E-state index contributed by atoms with van der Waals surface area (Å²) in [5, 5.41) is 9.69. The van der Waals surface area contributed by atoms with Crippen LogP contribution in [-0.4, -0.2) is 13.5 Å². The zero-order chi connectivity index (χ0) is 22.9. The largest absolute Gasteiger partial charge is 0.507 e. The number of aromatic hydroxyl groups is 1. The quantitative estimate of drug-likeness (QED) is 0.268. The van der Waals surface area contributed by atoms with E-state index < -0.39 is 9.84 Å². The summed E-state index contributed by atoms with van der Waals surface area (Å²) in [7, 11) is -3.58. The van der Waals surface area contributed by atoms with Crippen molar-refractivity contribution in [2.45, 2.75) is 16.7 Å². The summed E-state index contributed by atoms with van der Waals surface area (Å²) < 4.78 is 32.9. The van der Waals surface area contributed by atoms with Gasteiger partial charge in [0.15, 0.2) is 0 Å². The third-order valence-corrected chi connectivity index (χ3v) is 7.95. The lowest BCUT2D eigenvalue weighted by Crippen LogP contribution is -2.01. The summed E-state index contributed by atoms with van der Waals surface area (Å²) in [5.41, 5.74) is 2.89. The predicted octanol–water partition coefficient (Wildman–Crippen LogP) is 7.52. The molecule has 0 aliphatic rings. The monoisotopic (exact) mass is 572 g/mol. The van der Waals surface area contributed by atoms with Gasteiger partial charge in [-0.1, -0.05) is 29.8 Å². The van der Waals surface area contributed by atoms with Crippen molar-refractivity contribution in [3.8, 4) is 28.4 Å².